The van der Waals surface area contributed by atoms with Gasteiger partial charge >= 0.3 is 6.03 Å². The van der Waals surface area contributed by atoms with E-state index < -0.39 is 6.03 Å². The predicted molar refractivity (Wildman–Crippen MR) is 121 cm³/mol. The molecule has 1 saturated heterocycles. The van der Waals surface area contributed by atoms with E-state index >= 15 is 0 Å². The van der Waals surface area contributed by atoms with Crippen molar-refractivity contribution in [2.24, 2.45) is 5.73 Å². The van der Waals surface area contributed by atoms with E-state index in [1.54, 1.807) is 12.1 Å². The highest BCUT2D eigenvalue weighted by Crippen LogP contribution is 2.18. The number of hydrogen-bond donors (Lipinski definition) is 2. The third-order valence-electron chi connectivity index (χ3n) is 4.78. The number of nitrogens with one attached hydrogen (secondary N) is 1. The Labute approximate surface area is 174 Å². The van der Waals surface area contributed by atoms with Crippen LogP contribution < -0.4 is 20.7 Å². The lowest BCUT2D eigenvalue weighted by Gasteiger charge is -2.36. The summed E-state index contributed by atoms with van der Waals surface area (Å²) in [6, 6.07) is 15.5. The fourth-order valence-electron chi connectivity index (χ4n) is 3.24. The molecule has 0 spiro atoms. The number of anilines is 2. The molecule has 0 bridgehead atoms. The zero-order chi connectivity index (χ0) is 21.1. The molecule has 6 heteroatoms. The lowest BCUT2D eigenvalue weighted by atomic mass is 10.2. The van der Waals surface area contributed by atoms with Crippen molar-refractivity contribution in [3.63, 3.8) is 0 Å². The molecule has 0 atom stereocenters. The number of rotatable bonds is 7. The van der Waals surface area contributed by atoms with Gasteiger partial charge in [0.15, 0.2) is 0 Å². The van der Waals surface area contributed by atoms with Gasteiger partial charge in [0.05, 0.1) is 6.61 Å². The van der Waals surface area contributed by atoms with E-state index in [2.05, 4.69) is 46.3 Å². The average Bonchev–Trinajstić information content (AvgIpc) is 2.74. The van der Waals surface area contributed by atoms with Gasteiger partial charge in [-0.05, 0) is 49.7 Å². The lowest BCUT2D eigenvalue weighted by molar-refractivity contribution is 0.225. The van der Waals surface area contributed by atoms with Gasteiger partial charge in [-0.3, -0.25) is 4.90 Å². The van der Waals surface area contributed by atoms with Crippen LogP contribution >= 0.6 is 0 Å². The minimum absolute atomic E-state index is 0.564. The summed E-state index contributed by atoms with van der Waals surface area (Å²) in [5.74, 6) is 0.800. The minimum Gasteiger partial charge on any atom is -0.494 e. The Morgan fingerprint density at radius 2 is 1.62 bits per heavy atom. The van der Waals surface area contributed by atoms with E-state index in [0.717, 1.165) is 44.9 Å². The van der Waals surface area contributed by atoms with Crippen LogP contribution in [0, 0.1) is 6.92 Å². The van der Waals surface area contributed by atoms with E-state index in [1.807, 2.05) is 26.0 Å². The van der Waals surface area contributed by atoms with E-state index in [0.29, 0.717) is 12.3 Å². The molecule has 3 rings (SSSR count). The first-order valence-corrected chi connectivity index (χ1v) is 10.4. The monoisotopic (exact) mass is 398 g/mol. The number of urea groups is 1. The second kappa shape index (κ2) is 12.0. The number of nitrogens with two attached hydrogens (primary N) is 1. The van der Waals surface area contributed by atoms with Gasteiger partial charge in [0.2, 0.25) is 0 Å². The summed E-state index contributed by atoms with van der Waals surface area (Å²) in [4.78, 5) is 15.7. The SMILES string of the molecule is CC.Cc1ccc(N2CCN(CCCOc3ccc(NC(N)=O)cc3)CC2)cc1. The maximum Gasteiger partial charge on any atom is 0.316 e. The van der Waals surface area contributed by atoms with Crippen LogP contribution in [-0.2, 0) is 0 Å². The van der Waals surface area contributed by atoms with Crippen molar-refractivity contribution in [3.8, 4) is 5.75 Å². The highest BCUT2D eigenvalue weighted by molar-refractivity contribution is 5.87. The zero-order valence-corrected chi connectivity index (χ0v) is 17.9. The van der Waals surface area contributed by atoms with E-state index in [9.17, 15) is 4.79 Å². The number of nitrogens with zero attached hydrogens (tertiary/aromatic N) is 2. The Hall–Kier alpha value is -2.73. The van der Waals surface area contributed by atoms with Crippen molar-refractivity contribution in [3.05, 3.63) is 54.1 Å². The molecule has 1 aliphatic heterocycles. The number of carbonyl (C=O) groups is 1. The molecule has 3 N–H and O–H groups in total. The summed E-state index contributed by atoms with van der Waals surface area (Å²) in [5, 5.41) is 2.53. The standard InChI is InChI=1S/C21H28N4O2.C2H6/c1-17-3-7-19(8-4-17)25-14-12-24(13-15-25)11-2-16-27-20-9-5-18(6-10-20)23-21(22)26;1-2/h3-10H,2,11-16H2,1H3,(H3,22,23,26);1-2H3. The highest BCUT2D eigenvalue weighted by atomic mass is 16.5. The third kappa shape index (κ3) is 7.66. The van der Waals surface area contributed by atoms with Crippen molar-refractivity contribution < 1.29 is 9.53 Å². The molecule has 29 heavy (non-hydrogen) atoms. The second-order valence-electron chi connectivity index (χ2n) is 6.88. The molecule has 0 saturated carbocycles. The fraction of sp³-hybridized carbons (Fsp3) is 0.435. The van der Waals surface area contributed by atoms with Crippen LogP contribution in [0.2, 0.25) is 0 Å². The van der Waals surface area contributed by atoms with E-state index in [-0.39, 0.29) is 0 Å². The van der Waals surface area contributed by atoms with Crippen LogP contribution in [0.25, 0.3) is 0 Å². The molecule has 2 aromatic carbocycles. The van der Waals surface area contributed by atoms with Gasteiger partial charge in [0.25, 0.3) is 0 Å². The molecule has 158 valence electrons. The van der Waals surface area contributed by atoms with Crippen LogP contribution in [0.3, 0.4) is 0 Å². The van der Waals surface area contributed by atoms with Crippen molar-refractivity contribution in [1.82, 2.24) is 4.90 Å². The minimum atomic E-state index is -0.564. The quantitative estimate of drug-likeness (QED) is 0.689. The Morgan fingerprint density at radius 3 is 2.21 bits per heavy atom. The molecule has 6 nitrogen and oxygen atoms in total. The molecule has 0 unspecified atom stereocenters. The third-order valence-corrected chi connectivity index (χ3v) is 4.78. The summed E-state index contributed by atoms with van der Waals surface area (Å²) in [6.07, 6.45) is 0.992. The van der Waals surface area contributed by atoms with Gasteiger partial charge in [-0.25, -0.2) is 4.79 Å². The van der Waals surface area contributed by atoms with Gasteiger partial charge in [-0.1, -0.05) is 31.5 Å². The van der Waals surface area contributed by atoms with Crippen LogP contribution in [0.15, 0.2) is 48.5 Å². The normalized spacial score (nSPS) is 14.0. The number of piperazine rings is 1. The van der Waals surface area contributed by atoms with Crippen molar-refractivity contribution in [2.75, 3.05) is 49.5 Å². The van der Waals surface area contributed by atoms with Gasteiger partial charge in [0.1, 0.15) is 5.75 Å². The molecule has 0 aliphatic carbocycles. The summed E-state index contributed by atoms with van der Waals surface area (Å²) >= 11 is 0. The molecule has 2 aromatic rings. The highest BCUT2D eigenvalue weighted by Gasteiger charge is 2.16. The summed E-state index contributed by atoms with van der Waals surface area (Å²) in [7, 11) is 0. The Morgan fingerprint density at radius 1 is 1.00 bits per heavy atom. The van der Waals surface area contributed by atoms with E-state index in [1.165, 1.54) is 11.3 Å². The Kier molecular flexibility index (Phi) is 9.31. The van der Waals surface area contributed by atoms with Gasteiger partial charge in [-0.2, -0.15) is 0 Å². The lowest BCUT2D eigenvalue weighted by Crippen LogP contribution is -2.46. The topological polar surface area (TPSA) is 70.8 Å². The van der Waals surface area contributed by atoms with Crippen molar-refractivity contribution in [2.45, 2.75) is 27.2 Å². The molecule has 1 heterocycles. The number of benzene rings is 2. The number of carbonyl (C=O) groups excluding carboxylic acids is 1. The van der Waals surface area contributed by atoms with Crippen LogP contribution in [0.4, 0.5) is 16.2 Å². The summed E-state index contributed by atoms with van der Waals surface area (Å²) in [5.41, 5.74) is 8.38. The predicted octanol–water partition coefficient (Wildman–Crippen LogP) is 4.10. The number of aryl methyl sites for hydroxylation is 1. The first kappa shape index (κ1) is 22.6. The molecule has 0 aromatic heterocycles. The first-order valence-electron chi connectivity index (χ1n) is 10.4. The molecular formula is C23H34N4O2. The van der Waals surface area contributed by atoms with Crippen LogP contribution in [-0.4, -0.2) is 50.3 Å². The largest absolute Gasteiger partial charge is 0.494 e. The maximum absolute atomic E-state index is 10.8. The van der Waals surface area contributed by atoms with E-state index in [4.69, 9.17) is 10.5 Å². The summed E-state index contributed by atoms with van der Waals surface area (Å²) in [6.45, 7) is 12.2. The summed E-state index contributed by atoms with van der Waals surface area (Å²) < 4.78 is 5.78. The van der Waals surface area contributed by atoms with Crippen LogP contribution in [0.1, 0.15) is 25.8 Å². The van der Waals surface area contributed by atoms with Gasteiger partial charge in [0, 0.05) is 44.1 Å². The number of amides is 2. The molecule has 1 aliphatic rings. The van der Waals surface area contributed by atoms with Crippen LogP contribution in [0.5, 0.6) is 5.75 Å². The Bertz CT molecular complexity index is 724. The van der Waals surface area contributed by atoms with Gasteiger partial charge in [-0.15, -0.1) is 0 Å². The fourth-order valence-corrected chi connectivity index (χ4v) is 3.24. The molecule has 0 radical (unpaired) electrons. The average molecular weight is 399 g/mol. The maximum atomic E-state index is 10.8. The number of hydrogen-bond acceptors (Lipinski definition) is 4. The molecule has 1 fully saturated rings. The van der Waals surface area contributed by atoms with Crippen molar-refractivity contribution in [1.29, 1.82) is 0 Å². The second-order valence-corrected chi connectivity index (χ2v) is 6.88. The molecular weight excluding hydrogens is 364 g/mol. The van der Waals surface area contributed by atoms with Gasteiger partial charge < -0.3 is 20.7 Å². The Balaban J connectivity index is 0.00000145. The first-order chi connectivity index (χ1) is 14.1. The number of ether oxygens (including phenoxy) is 1. The smallest absolute Gasteiger partial charge is 0.316 e. The van der Waals surface area contributed by atoms with Crippen molar-refractivity contribution >= 4 is 17.4 Å². The molecule has 2 amide bonds. The number of primary amides is 1. The zero-order valence-electron chi connectivity index (χ0n) is 17.9.